The van der Waals surface area contributed by atoms with Crippen molar-refractivity contribution in [3.8, 4) is 0 Å². The summed E-state index contributed by atoms with van der Waals surface area (Å²) < 4.78 is 0. The van der Waals surface area contributed by atoms with Crippen molar-refractivity contribution in [2.45, 2.75) is 0 Å². The molecule has 0 bridgehead atoms. The molecule has 0 fully saturated rings. The molecular formula is C8H6Cl2N3O+. The van der Waals surface area contributed by atoms with E-state index in [1.54, 1.807) is 18.2 Å². The molecule has 0 aliphatic heterocycles. The molecule has 0 saturated carbocycles. The zero-order chi connectivity index (χ0) is 10.1. The van der Waals surface area contributed by atoms with Crippen LogP contribution in [0.1, 0.15) is 0 Å². The quantitative estimate of drug-likeness (QED) is 0.694. The molecule has 0 N–H and O–H groups in total. The lowest BCUT2D eigenvalue weighted by atomic mass is 10.3. The first kappa shape index (κ1) is 9.43. The number of benzene rings is 1. The Kier molecular flexibility index (Phi) is 2.39. The van der Waals surface area contributed by atoms with Crippen LogP contribution in [-0.4, -0.2) is 17.2 Å². The van der Waals surface area contributed by atoms with Crippen LogP contribution in [0.25, 0.3) is 11.0 Å². The van der Waals surface area contributed by atoms with Crippen molar-refractivity contribution in [2.75, 3.05) is 7.11 Å². The zero-order valence-electron chi connectivity index (χ0n) is 7.24. The second-order valence-corrected chi connectivity index (χ2v) is 3.34. The molecule has 1 aromatic carbocycles. The van der Waals surface area contributed by atoms with E-state index in [2.05, 4.69) is 10.1 Å². The van der Waals surface area contributed by atoms with Crippen molar-refractivity contribution < 1.29 is 9.68 Å². The van der Waals surface area contributed by atoms with Crippen molar-refractivity contribution in [3.63, 3.8) is 0 Å². The average molecular weight is 231 g/mol. The molecule has 0 unspecified atom stereocenters. The Morgan fingerprint density at radius 2 is 2.14 bits per heavy atom. The van der Waals surface area contributed by atoms with Gasteiger partial charge in [0, 0.05) is 11.1 Å². The maximum absolute atomic E-state index is 5.83. The molecule has 4 nitrogen and oxygen atoms in total. The van der Waals surface area contributed by atoms with Gasteiger partial charge in [-0.1, -0.05) is 11.6 Å². The standard InChI is InChI=1S/C8H6Cl2N3O/c1-14-13-7-4-5(9)2-3-6(7)11-8(10)12-13/h2-4H,1H3/q+1. The molecule has 0 aliphatic carbocycles. The van der Waals surface area contributed by atoms with E-state index >= 15 is 0 Å². The third kappa shape index (κ3) is 1.58. The Balaban J connectivity index is 2.81. The molecule has 0 spiro atoms. The van der Waals surface area contributed by atoms with Gasteiger partial charge < -0.3 is 0 Å². The van der Waals surface area contributed by atoms with E-state index in [0.29, 0.717) is 16.1 Å². The lowest BCUT2D eigenvalue weighted by Crippen LogP contribution is -2.45. The second kappa shape index (κ2) is 3.55. The summed E-state index contributed by atoms with van der Waals surface area (Å²) in [6.07, 6.45) is 0. The van der Waals surface area contributed by atoms with E-state index in [-0.39, 0.29) is 5.28 Å². The molecular weight excluding hydrogens is 225 g/mol. The van der Waals surface area contributed by atoms with Crippen LogP contribution in [-0.2, 0) is 0 Å². The molecule has 0 amide bonds. The van der Waals surface area contributed by atoms with E-state index in [0.717, 1.165) is 0 Å². The predicted molar refractivity (Wildman–Crippen MR) is 52.3 cm³/mol. The molecule has 2 rings (SSSR count). The topological polar surface area (TPSA) is 38.9 Å². The number of nitrogens with zero attached hydrogens (tertiary/aromatic N) is 3. The van der Waals surface area contributed by atoms with Gasteiger partial charge in [0.2, 0.25) is 0 Å². The van der Waals surface area contributed by atoms with Crippen molar-refractivity contribution >= 4 is 34.2 Å². The van der Waals surface area contributed by atoms with E-state index in [9.17, 15) is 0 Å². The fraction of sp³-hybridized carbons (Fsp3) is 0.125. The third-order valence-electron chi connectivity index (χ3n) is 1.70. The van der Waals surface area contributed by atoms with Gasteiger partial charge in [-0.05, 0) is 23.7 Å². The Labute approximate surface area is 90.0 Å². The SMILES string of the molecule is CO[n+]1nc(Cl)nc2ccc(Cl)cc21. The third-order valence-corrected chi connectivity index (χ3v) is 2.10. The number of aromatic nitrogens is 3. The number of hydrogen-bond donors (Lipinski definition) is 0. The first-order valence-corrected chi connectivity index (χ1v) is 4.56. The van der Waals surface area contributed by atoms with Crippen LogP contribution < -0.4 is 9.68 Å². The highest BCUT2D eigenvalue weighted by Crippen LogP contribution is 2.14. The maximum atomic E-state index is 5.83. The maximum Gasteiger partial charge on any atom is 0.316 e. The van der Waals surface area contributed by atoms with E-state index < -0.39 is 0 Å². The summed E-state index contributed by atoms with van der Waals surface area (Å²) in [5.41, 5.74) is 1.35. The highest BCUT2D eigenvalue weighted by atomic mass is 35.5. The van der Waals surface area contributed by atoms with Gasteiger partial charge in [0.05, 0.1) is 5.10 Å². The molecule has 6 heteroatoms. The summed E-state index contributed by atoms with van der Waals surface area (Å²) in [6, 6.07) is 5.19. The minimum atomic E-state index is 0.127. The van der Waals surface area contributed by atoms with Crippen LogP contribution >= 0.6 is 23.2 Å². The Hall–Kier alpha value is -1.13. The fourth-order valence-corrected chi connectivity index (χ4v) is 1.46. The minimum absolute atomic E-state index is 0.127. The summed E-state index contributed by atoms with van der Waals surface area (Å²) in [5.74, 6) is 0. The summed E-state index contributed by atoms with van der Waals surface area (Å²) in [7, 11) is 1.49. The Morgan fingerprint density at radius 3 is 2.86 bits per heavy atom. The summed E-state index contributed by atoms with van der Waals surface area (Å²) in [5, 5.41) is 4.57. The number of hydrogen-bond acceptors (Lipinski definition) is 3. The van der Waals surface area contributed by atoms with Crippen molar-refractivity contribution in [1.82, 2.24) is 10.1 Å². The smallest absolute Gasteiger partial charge is 0.248 e. The zero-order valence-corrected chi connectivity index (χ0v) is 8.75. The van der Waals surface area contributed by atoms with Crippen LogP contribution in [0.2, 0.25) is 10.3 Å². The second-order valence-electron chi connectivity index (χ2n) is 2.57. The van der Waals surface area contributed by atoms with Gasteiger partial charge >= 0.3 is 5.52 Å². The Bertz CT molecular complexity index is 489. The highest BCUT2D eigenvalue weighted by molar-refractivity contribution is 6.31. The molecule has 2 aromatic rings. The van der Waals surface area contributed by atoms with Gasteiger partial charge in [0.1, 0.15) is 10.4 Å². The lowest BCUT2D eigenvalue weighted by Gasteiger charge is -1.95. The van der Waals surface area contributed by atoms with Crippen LogP contribution in [0, 0.1) is 0 Å². The van der Waals surface area contributed by atoms with Crippen molar-refractivity contribution in [1.29, 1.82) is 0 Å². The van der Waals surface area contributed by atoms with E-state index in [1.807, 2.05) is 0 Å². The van der Waals surface area contributed by atoms with Gasteiger partial charge in [0.25, 0.3) is 5.28 Å². The number of rotatable bonds is 1. The first-order chi connectivity index (χ1) is 6.70. The molecule has 0 aliphatic rings. The van der Waals surface area contributed by atoms with Crippen molar-refractivity contribution in [2.24, 2.45) is 0 Å². The molecule has 72 valence electrons. The summed E-state index contributed by atoms with van der Waals surface area (Å²) in [6.45, 7) is 0. The molecule has 0 saturated heterocycles. The molecule has 14 heavy (non-hydrogen) atoms. The molecule has 0 atom stereocenters. The summed E-state index contributed by atoms with van der Waals surface area (Å²) >= 11 is 11.5. The number of halogens is 2. The monoisotopic (exact) mass is 230 g/mol. The van der Waals surface area contributed by atoms with Gasteiger partial charge in [-0.25, -0.2) is 9.82 Å². The van der Waals surface area contributed by atoms with Gasteiger partial charge in [-0.2, -0.15) is 0 Å². The highest BCUT2D eigenvalue weighted by Gasteiger charge is 2.15. The minimum Gasteiger partial charge on any atom is -0.248 e. The van der Waals surface area contributed by atoms with Gasteiger partial charge in [0.15, 0.2) is 7.11 Å². The van der Waals surface area contributed by atoms with Crippen LogP contribution in [0.4, 0.5) is 0 Å². The molecule has 1 aromatic heterocycles. The van der Waals surface area contributed by atoms with Crippen LogP contribution in [0.3, 0.4) is 0 Å². The normalized spacial score (nSPS) is 10.5. The van der Waals surface area contributed by atoms with Crippen molar-refractivity contribution in [3.05, 3.63) is 28.5 Å². The van der Waals surface area contributed by atoms with Gasteiger partial charge in [-0.15, -0.1) is 0 Å². The molecule has 0 radical (unpaired) electrons. The average Bonchev–Trinajstić information content (AvgIpc) is 2.17. The summed E-state index contributed by atoms with van der Waals surface area (Å²) in [4.78, 5) is 10.3. The largest absolute Gasteiger partial charge is 0.316 e. The predicted octanol–water partition coefficient (Wildman–Crippen LogP) is 1.28. The van der Waals surface area contributed by atoms with Gasteiger partial charge in [-0.3, -0.25) is 0 Å². The number of fused-ring (bicyclic) bond motifs is 1. The van der Waals surface area contributed by atoms with E-state index in [1.165, 1.54) is 12.0 Å². The van der Waals surface area contributed by atoms with Crippen LogP contribution in [0.5, 0.6) is 0 Å². The fourth-order valence-electron chi connectivity index (χ4n) is 1.13. The first-order valence-electron chi connectivity index (χ1n) is 3.80. The lowest BCUT2D eigenvalue weighted by molar-refractivity contribution is -0.910. The van der Waals surface area contributed by atoms with Crippen LogP contribution in [0.15, 0.2) is 18.2 Å². The Morgan fingerprint density at radius 1 is 1.36 bits per heavy atom. The molecule has 1 heterocycles. The van der Waals surface area contributed by atoms with E-state index in [4.69, 9.17) is 28.0 Å².